The van der Waals surface area contributed by atoms with Crippen molar-refractivity contribution >= 4 is 15.7 Å². The van der Waals surface area contributed by atoms with E-state index in [-0.39, 0.29) is 29.1 Å². The SMILES string of the molecule is Cn1nc(-c2ccc(F)cc2)cc1C(=O)NCC1CCS(=O)(=O)C1. The Hall–Kier alpha value is -2.22. The maximum Gasteiger partial charge on any atom is 0.269 e. The molecule has 1 unspecified atom stereocenters. The van der Waals surface area contributed by atoms with Gasteiger partial charge in [0.05, 0.1) is 17.2 Å². The topological polar surface area (TPSA) is 81.1 Å². The van der Waals surface area contributed by atoms with E-state index in [1.807, 2.05) is 0 Å². The van der Waals surface area contributed by atoms with Crippen LogP contribution in [0.2, 0.25) is 0 Å². The number of aryl methyl sites for hydroxylation is 1. The summed E-state index contributed by atoms with van der Waals surface area (Å²) in [5.74, 6) is -0.362. The first-order chi connectivity index (χ1) is 11.3. The Labute approximate surface area is 139 Å². The zero-order valence-corrected chi connectivity index (χ0v) is 14.0. The lowest BCUT2D eigenvalue weighted by Gasteiger charge is -2.09. The molecule has 128 valence electrons. The molecule has 1 amide bonds. The molecule has 24 heavy (non-hydrogen) atoms. The second-order valence-corrected chi connectivity index (χ2v) is 8.25. The summed E-state index contributed by atoms with van der Waals surface area (Å²) in [5, 5.41) is 7.04. The normalized spacial score (nSPS) is 19.3. The number of hydrogen-bond acceptors (Lipinski definition) is 4. The van der Waals surface area contributed by atoms with Gasteiger partial charge in [0, 0.05) is 19.2 Å². The van der Waals surface area contributed by atoms with Gasteiger partial charge in [-0.2, -0.15) is 5.10 Å². The maximum absolute atomic E-state index is 13.0. The average molecular weight is 351 g/mol. The highest BCUT2D eigenvalue weighted by atomic mass is 32.2. The highest BCUT2D eigenvalue weighted by Gasteiger charge is 2.28. The molecule has 0 radical (unpaired) electrons. The molecule has 1 aliphatic rings. The molecule has 3 rings (SSSR count). The molecule has 0 saturated carbocycles. The molecule has 1 aromatic heterocycles. The largest absolute Gasteiger partial charge is 0.350 e. The highest BCUT2D eigenvalue weighted by Crippen LogP contribution is 2.20. The van der Waals surface area contributed by atoms with Gasteiger partial charge in [0.25, 0.3) is 5.91 Å². The van der Waals surface area contributed by atoms with E-state index in [1.165, 1.54) is 16.8 Å². The highest BCUT2D eigenvalue weighted by molar-refractivity contribution is 7.91. The number of sulfone groups is 1. The minimum atomic E-state index is -2.95. The van der Waals surface area contributed by atoms with Gasteiger partial charge in [0.1, 0.15) is 11.5 Å². The summed E-state index contributed by atoms with van der Waals surface area (Å²) in [6.07, 6.45) is 0.578. The molecule has 1 aromatic carbocycles. The van der Waals surface area contributed by atoms with Crippen molar-refractivity contribution in [2.75, 3.05) is 18.1 Å². The molecule has 1 fully saturated rings. The second kappa shape index (κ2) is 6.35. The Morgan fingerprint density at radius 2 is 2.08 bits per heavy atom. The second-order valence-electron chi connectivity index (χ2n) is 6.02. The summed E-state index contributed by atoms with van der Waals surface area (Å²) >= 11 is 0. The monoisotopic (exact) mass is 351 g/mol. The third kappa shape index (κ3) is 3.64. The van der Waals surface area contributed by atoms with Crippen LogP contribution in [-0.4, -0.2) is 42.2 Å². The fourth-order valence-corrected chi connectivity index (χ4v) is 4.66. The first-order valence-corrected chi connectivity index (χ1v) is 9.45. The number of benzene rings is 1. The van der Waals surface area contributed by atoms with Crippen LogP contribution in [0.25, 0.3) is 11.3 Å². The number of nitrogens with one attached hydrogen (secondary N) is 1. The summed E-state index contributed by atoms with van der Waals surface area (Å²) in [6.45, 7) is 0.328. The molecule has 2 heterocycles. The van der Waals surface area contributed by atoms with E-state index in [1.54, 1.807) is 25.2 Å². The van der Waals surface area contributed by atoms with Gasteiger partial charge in [-0.3, -0.25) is 9.48 Å². The summed E-state index contributed by atoms with van der Waals surface area (Å²) in [7, 11) is -1.30. The molecular weight excluding hydrogens is 333 g/mol. The fraction of sp³-hybridized carbons (Fsp3) is 0.375. The Morgan fingerprint density at radius 3 is 2.71 bits per heavy atom. The van der Waals surface area contributed by atoms with E-state index in [9.17, 15) is 17.6 Å². The molecule has 0 bridgehead atoms. The van der Waals surface area contributed by atoms with Crippen LogP contribution in [0, 0.1) is 11.7 Å². The smallest absolute Gasteiger partial charge is 0.269 e. The van der Waals surface area contributed by atoms with E-state index in [0.29, 0.717) is 29.9 Å². The first kappa shape index (κ1) is 16.6. The number of rotatable bonds is 4. The van der Waals surface area contributed by atoms with Crippen LogP contribution in [0.4, 0.5) is 4.39 Å². The number of carbonyl (C=O) groups is 1. The molecule has 1 saturated heterocycles. The molecule has 0 spiro atoms. The van der Waals surface area contributed by atoms with Gasteiger partial charge in [-0.25, -0.2) is 12.8 Å². The van der Waals surface area contributed by atoms with E-state index in [2.05, 4.69) is 10.4 Å². The summed E-state index contributed by atoms with van der Waals surface area (Å²) in [6, 6.07) is 7.51. The Morgan fingerprint density at radius 1 is 1.38 bits per heavy atom. The van der Waals surface area contributed by atoms with Gasteiger partial charge in [-0.15, -0.1) is 0 Å². The maximum atomic E-state index is 13.0. The summed E-state index contributed by atoms with van der Waals surface area (Å²) < 4.78 is 37.3. The van der Waals surface area contributed by atoms with Crippen molar-refractivity contribution in [3.8, 4) is 11.3 Å². The van der Waals surface area contributed by atoms with Crippen LogP contribution in [0.1, 0.15) is 16.9 Å². The van der Waals surface area contributed by atoms with Gasteiger partial charge in [-0.05, 0) is 42.7 Å². The van der Waals surface area contributed by atoms with Gasteiger partial charge in [0.15, 0.2) is 9.84 Å². The third-order valence-corrected chi connectivity index (χ3v) is 5.97. The van der Waals surface area contributed by atoms with Gasteiger partial charge in [0.2, 0.25) is 0 Å². The average Bonchev–Trinajstić information content (AvgIpc) is 3.08. The molecule has 0 aliphatic carbocycles. The lowest BCUT2D eigenvalue weighted by atomic mass is 10.1. The van der Waals surface area contributed by atoms with Crippen LogP contribution in [0.15, 0.2) is 30.3 Å². The lowest BCUT2D eigenvalue weighted by Crippen LogP contribution is -2.31. The molecule has 6 nitrogen and oxygen atoms in total. The number of carbonyl (C=O) groups excluding carboxylic acids is 1. The minimum absolute atomic E-state index is 0.0382. The van der Waals surface area contributed by atoms with Crippen molar-refractivity contribution in [2.45, 2.75) is 6.42 Å². The lowest BCUT2D eigenvalue weighted by molar-refractivity contribution is 0.0939. The predicted octanol–water partition coefficient (Wildman–Crippen LogP) is 1.39. The summed E-state index contributed by atoms with van der Waals surface area (Å²) in [5.41, 5.74) is 1.66. The van der Waals surface area contributed by atoms with Crippen molar-refractivity contribution in [2.24, 2.45) is 13.0 Å². The van der Waals surface area contributed by atoms with E-state index >= 15 is 0 Å². The van der Waals surface area contributed by atoms with Crippen LogP contribution < -0.4 is 5.32 Å². The third-order valence-electron chi connectivity index (χ3n) is 4.13. The number of nitrogens with zero attached hydrogens (tertiary/aromatic N) is 2. The van der Waals surface area contributed by atoms with Gasteiger partial charge in [-0.1, -0.05) is 0 Å². The van der Waals surface area contributed by atoms with Crippen LogP contribution in [0.5, 0.6) is 0 Å². The van der Waals surface area contributed by atoms with Crippen LogP contribution in [-0.2, 0) is 16.9 Å². The Balaban J connectivity index is 1.68. The minimum Gasteiger partial charge on any atom is -0.350 e. The molecule has 1 aliphatic heterocycles. The van der Waals surface area contributed by atoms with Crippen LogP contribution in [0.3, 0.4) is 0 Å². The van der Waals surface area contributed by atoms with Crippen molar-refractivity contribution in [3.63, 3.8) is 0 Å². The summed E-state index contributed by atoms with van der Waals surface area (Å²) in [4.78, 5) is 12.3. The molecule has 1 N–H and O–H groups in total. The van der Waals surface area contributed by atoms with E-state index < -0.39 is 9.84 Å². The van der Waals surface area contributed by atoms with Crippen molar-refractivity contribution in [1.82, 2.24) is 15.1 Å². The number of amides is 1. The van der Waals surface area contributed by atoms with Gasteiger partial charge >= 0.3 is 0 Å². The molecular formula is C16H18FN3O3S. The molecule has 8 heteroatoms. The zero-order chi connectivity index (χ0) is 17.3. The van der Waals surface area contributed by atoms with Gasteiger partial charge < -0.3 is 5.32 Å². The zero-order valence-electron chi connectivity index (χ0n) is 13.2. The first-order valence-electron chi connectivity index (χ1n) is 7.63. The van der Waals surface area contributed by atoms with Crippen molar-refractivity contribution in [3.05, 3.63) is 41.8 Å². The molecule has 1 atom stereocenters. The molecule has 2 aromatic rings. The number of halogens is 1. The Bertz CT molecular complexity index is 859. The number of hydrogen-bond donors (Lipinski definition) is 1. The Kier molecular flexibility index (Phi) is 4.40. The van der Waals surface area contributed by atoms with Crippen LogP contribution >= 0.6 is 0 Å². The van der Waals surface area contributed by atoms with E-state index in [4.69, 9.17) is 0 Å². The van der Waals surface area contributed by atoms with E-state index in [0.717, 1.165) is 0 Å². The fourth-order valence-electron chi connectivity index (χ4n) is 2.80. The van der Waals surface area contributed by atoms with Crippen molar-refractivity contribution in [1.29, 1.82) is 0 Å². The van der Waals surface area contributed by atoms with Crippen molar-refractivity contribution < 1.29 is 17.6 Å². The number of aromatic nitrogens is 2. The standard InChI is InChI=1S/C16H18FN3O3S/c1-20-15(8-14(19-20)12-2-4-13(17)5-3-12)16(21)18-9-11-6-7-24(22,23)10-11/h2-5,8,11H,6-7,9-10H2,1H3,(H,18,21). The predicted molar refractivity (Wildman–Crippen MR) is 87.7 cm³/mol. The quantitative estimate of drug-likeness (QED) is 0.903.